The molecule has 0 rings (SSSR count). The summed E-state index contributed by atoms with van der Waals surface area (Å²) >= 11 is 0. The van der Waals surface area contributed by atoms with Gasteiger partial charge in [0.25, 0.3) is 0 Å². The van der Waals surface area contributed by atoms with Crippen LogP contribution in [0.1, 0.15) is 27.7 Å². The summed E-state index contributed by atoms with van der Waals surface area (Å²) in [4.78, 5) is 11.9. The van der Waals surface area contributed by atoms with Gasteiger partial charge in [-0.25, -0.2) is 0 Å². The van der Waals surface area contributed by atoms with Gasteiger partial charge in [0, 0.05) is 6.54 Å². The van der Waals surface area contributed by atoms with Gasteiger partial charge >= 0.3 is 0 Å². The lowest BCUT2D eigenvalue weighted by atomic mass is 9.92. The molecule has 0 aromatic rings. The fourth-order valence-electron chi connectivity index (χ4n) is 2.34. The minimum absolute atomic E-state index is 0.0969. The Bertz CT molecular complexity index is 230. The Kier molecular flexibility index (Phi) is 5.18. The van der Waals surface area contributed by atoms with Gasteiger partial charge in [-0.15, -0.1) is 0 Å². The minimum Gasteiger partial charge on any atom is -0.326 e. The number of hydrogen-bond acceptors (Lipinski definition) is 2. The van der Waals surface area contributed by atoms with Crippen LogP contribution in [0.3, 0.4) is 0 Å². The predicted octanol–water partition coefficient (Wildman–Crippen LogP) is 1.34. The maximum absolute atomic E-state index is 11.9. The van der Waals surface area contributed by atoms with Crippen molar-refractivity contribution in [2.75, 3.05) is 26.2 Å². The maximum atomic E-state index is 11.9. The summed E-state index contributed by atoms with van der Waals surface area (Å²) in [6, 6.07) is 0. The number of carbonyl (C=O) groups is 1. The van der Waals surface area contributed by atoms with Crippen molar-refractivity contribution < 1.29 is 9.28 Å². The third-order valence-corrected chi connectivity index (χ3v) is 3.74. The molecular weight excluding hydrogens is 188 g/mol. The molecule has 0 amide bonds. The molecule has 0 unspecified atom stereocenters. The molecule has 0 spiro atoms. The maximum Gasteiger partial charge on any atom is 0.214 e. The molecule has 3 nitrogen and oxygen atoms in total. The van der Waals surface area contributed by atoms with Crippen molar-refractivity contribution in [3.8, 4) is 0 Å². The van der Waals surface area contributed by atoms with Crippen molar-refractivity contribution in [2.45, 2.75) is 33.2 Å². The van der Waals surface area contributed by atoms with Crippen LogP contribution >= 0.6 is 0 Å². The summed E-state index contributed by atoms with van der Waals surface area (Å²) < 4.78 is 0.731. The number of quaternary nitrogens is 1. The van der Waals surface area contributed by atoms with Gasteiger partial charge in [0.2, 0.25) is 5.78 Å². The van der Waals surface area contributed by atoms with Crippen LogP contribution in [0.4, 0.5) is 0 Å². The fraction of sp³-hybridized carbons (Fsp3) is 0.750. The largest absolute Gasteiger partial charge is 0.326 e. The Morgan fingerprint density at radius 3 is 2.13 bits per heavy atom. The molecule has 0 bridgehead atoms. The van der Waals surface area contributed by atoms with E-state index < -0.39 is 5.54 Å². The highest BCUT2D eigenvalue weighted by Gasteiger charge is 2.45. The molecule has 0 atom stereocenters. The molecule has 15 heavy (non-hydrogen) atoms. The van der Waals surface area contributed by atoms with Crippen molar-refractivity contribution >= 4 is 5.78 Å². The first kappa shape index (κ1) is 14.3. The van der Waals surface area contributed by atoms with E-state index in [9.17, 15) is 4.79 Å². The smallest absolute Gasteiger partial charge is 0.214 e. The molecule has 0 radical (unpaired) electrons. The molecule has 0 aromatic carbocycles. The average Bonchev–Trinajstić information content (AvgIpc) is 2.24. The fourth-order valence-corrected chi connectivity index (χ4v) is 2.34. The second-order valence-corrected chi connectivity index (χ2v) is 4.42. The van der Waals surface area contributed by atoms with Crippen LogP contribution in [0.15, 0.2) is 12.7 Å². The quantitative estimate of drug-likeness (QED) is 0.512. The Morgan fingerprint density at radius 1 is 1.40 bits per heavy atom. The lowest BCUT2D eigenvalue weighted by Crippen LogP contribution is -2.66. The zero-order valence-corrected chi connectivity index (χ0v) is 10.5. The summed E-state index contributed by atoms with van der Waals surface area (Å²) in [6.45, 7) is 15.0. The van der Waals surface area contributed by atoms with Crippen LogP contribution in [0, 0.1) is 0 Å². The van der Waals surface area contributed by atoms with E-state index in [1.165, 1.54) is 6.08 Å². The second kappa shape index (κ2) is 5.42. The Hall–Kier alpha value is -0.670. The first-order chi connectivity index (χ1) is 6.91. The molecule has 0 saturated carbocycles. The molecule has 88 valence electrons. The number of hydrogen-bond donors (Lipinski definition) is 1. The lowest BCUT2D eigenvalue weighted by Gasteiger charge is -2.48. The monoisotopic (exact) mass is 213 g/mol. The summed E-state index contributed by atoms with van der Waals surface area (Å²) in [5.74, 6) is 0.0969. The van der Waals surface area contributed by atoms with E-state index in [1.54, 1.807) is 0 Å². The average molecular weight is 213 g/mol. The Labute approximate surface area is 93.5 Å². The normalized spacial score (nSPS) is 12.6. The van der Waals surface area contributed by atoms with E-state index in [1.807, 2.05) is 13.8 Å². The third-order valence-electron chi connectivity index (χ3n) is 3.74. The van der Waals surface area contributed by atoms with E-state index in [4.69, 9.17) is 5.73 Å². The second-order valence-electron chi connectivity index (χ2n) is 4.42. The van der Waals surface area contributed by atoms with Gasteiger partial charge in [-0.2, -0.15) is 0 Å². The van der Waals surface area contributed by atoms with E-state index >= 15 is 0 Å². The van der Waals surface area contributed by atoms with Gasteiger partial charge in [-0.3, -0.25) is 4.79 Å². The molecule has 3 heteroatoms. The Balaban J connectivity index is 5.20. The van der Waals surface area contributed by atoms with Gasteiger partial charge in [0.1, 0.15) is 0 Å². The van der Waals surface area contributed by atoms with Crippen LogP contribution in [0.5, 0.6) is 0 Å². The molecule has 0 aliphatic heterocycles. The topological polar surface area (TPSA) is 43.1 Å². The van der Waals surface area contributed by atoms with Crippen LogP contribution in [-0.2, 0) is 4.79 Å². The molecule has 2 N–H and O–H groups in total. The highest BCUT2D eigenvalue weighted by atomic mass is 16.1. The Morgan fingerprint density at radius 2 is 1.87 bits per heavy atom. The first-order valence-corrected chi connectivity index (χ1v) is 5.65. The summed E-state index contributed by atoms with van der Waals surface area (Å²) in [7, 11) is 0. The van der Waals surface area contributed by atoms with Crippen LogP contribution in [0.25, 0.3) is 0 Å². The molecule has 0 aliphatic rings. The molecule has 0 fully saturated rings. The highest BCUT2D eigenvalue weighted by molar-refractivity contribution is 5.95. The number of nitrogens with zero attached hydrogens (tertiary/aromatic N) is 1. The highest BCUT2D eigenvalue weighted by Crippen LogP contribution is 2.25. The van der Waals surface area contributed by atoms with Crippen molar-refractivity contribution in [2.24, 2.45) is 5.73 Å². The summed E-state index contributed by atoms with van der Waals surface area (Å²) in [6.07, 6.45) is 1.43. The number of carbonyl (C=O) groups excluding carboxylic acids is 1. The molecular formula is C12H25N2O+. The summed E-state index contributed by atoms with van der Waals surface area (Å²) in [5, 5.41) is 0. The SMILES string of the molecule is C=CC(=O)C(C)(C)[N+](CC)(CC)CCN. The van der Waals surface area contributed by atoms with Gasteiger partial charge in [0.15, 0.2) is 5.54 Å². The minimum atomic E-state index is -0.426. The first-order valence-electron chi connectivity index (χ1n) is 5.65. The van der Waals surface area contributed by atoms with E-state index in [0.29, 0.717) is 6.54 Å². The number of nitrogens with two attached hydrogens (primary N) is 1. The standard InChI is InChI=1S/C12H25N2O/c1-6-11(15)12(4,5)14(7-2,8-3)10-9-13/h6H,1,7-10,13H2,2-5H3/q+1. The van der Waals surface area contributed by atoms with E-state index in [-0.39, 0.29) is 5.78 Å². The van der Waals surface area contributed by atoms with Gasteiger partial charge in [0.05, 0.1) is 19.6 Å². The molecule has 0 aromatic heterocycles. The van der Waals surface area contributed by atoms with Gasteiger partial charge < -0.3 is 10.2 Å². The zero-order chi connectivity index (χ0) is 12.1. The molecule has 0 aliphatic carbocycles. The number of likely N-dealkylation sites (N-methyl/N-ethyl adjacent to an activating group) is 1. The van der Waals surface area contributed by atoms with Crippen LogP contribution in [0.2, 0.25) is 0 Å². The van der Waals surface area contributed by atoms with Crippen molar-refractivity contribution in [1.29, 1.82) is 0 Å². The molecule has 0 saturated heterocycles. The van der Waals surface area contributed by atoms with E-state index in [2.05, 4.69) is 20.4 Å². The van der Waals surface area contributed by atoms with Crippen molar-refractivity contribution in [3.05, 3.63) is 12.7 Å². The van der Waals surface area contributed by atoms with Crippen molar-refractivity contribution in [3.63, 3.8) is 0 Å². The predicted molar refractivity (Wildman–Crippen MR) is 64.5 cm³/mol. The third kappa shape index (κ3) is 2.47. The van der Waals surface area contributed by atoms with Gasteiger partial charge in [-0.05, 0) is 33.8 Å². The van der Waals surface area contributed by atoms with Crippen LogP contribution in [-0.4, -0.2) is 42.0 Å². The van der Waals surface area contributed by atoms with E-state index in [0.717, 1.165) is 24.1 Å². The number of ketones is 1. The van der Waals surface area contributed by atoms with Crippen molar-refractivity contribution in [1.82, 2.24) is 0 Å². The lowest BCUT2D eigenvalue weighted by molar-refractivity contribution is -0.958. The molecule has 0 heterocycles. The number of rotatable bonds is 7. The van der Waals surface area contributed by atoms with Crippen LogP contribution < -0.4 is 5.73 Å². The zero-order valence-electron chi connectivity index (χ0n) is 10.5. The summed E-state index contributed by atoms with van der Waals surface area (Å²) in [5.41, 5.74) is 5.23. The van der Waals surface area contributed by atoms with Gasteiger partial charge in [-0.1, -0.05) is 6.58 Å².